The van der Waals surface area contributed by atoms with Crippen LogP contribution >= 0.6 is 35.0 Å². The molecule has 0 N–H and O–H groups in total. The highest BCUT2D eigenvalue weighted by Crippen LogP contribution is 2.45. The Morgan fingerprint density at radius 3 is 1.85 bits per heavy atom. The third-order valence-electron chi connectivity index (χ3n) is 5.79. The molecular formula is C26H24Cl2N4S. The fourth-order valence-corrected chi connectivity index (χ4v) is 5.26. The fraction of sp³-hybridized carbons (Fsp3) is 0.231. The zero-order valence-electron chi connectivity index (χ0n) is 18.5. The summed E-state index contributed by atoms with van der Waals surface area (Å²) in [5, 5.41) is 11.6. The smallest absolute Gasteiger partial charge is 0.196 e. The summed E-state index contributed by atoms with van der Waals surface area (Å²) in [5.41, 5.74) is 4.55. The van der Waals surface area contributed by atoms with E-state index in [4.69, 9.17) is 23.2 Å². The Hall–Kier alpha value is -2.47. The zero-order valence-corrected chi connectivity index (χ0v) is 20.8. The van der Waals surface area contributed by atoms with Crippen LogP contribution in [0.5, 0.6) is 0 Å². The lowest BCUT2D eigenvalue weighted by atomic mass is 10.0. The number of hydrogen-bond acceptors (Lipinski definition) is 4. The van der Waals surface area contributed by atoms with E-state index in [1.165, 1.54) is 0 Å². The molecule has 168 valence electrons. The van der Waals surface area contributed by atoms with E-state index in [2.05, 4.69) is 68.2 Å². The summed E-state index contributed by atoms with van der Waals surface area (Å²) in [7, 11) is 4.10. The molecule has 1 saturated carbocycles. The summed E-state index contributed by atoms with van der Waals surface area (Å²) in [6, 6.07) is 24.6. The summed E-state index contributed by atoms with van der Waals surface area (Å²) in [4.78, 5) is 2.10. The number of rotatable bonds is 7. The molecule has 0 spiro atoms. The van der Waals surface area contributed by atoms with Crippen molar-refractivity contribution < 1.29 is 0 Å². The summed E-state index contributed by atoms with van der Waals surface area (Å²) in [6.45, 7) is 0. The van der Waals surface area contributed by atoms with Crippen molar-refractivity contribution in [2.24, 2.45) is 0 Å². The lowest BCUT2D eigenvalue weighted by Gasteiger charge is -2.19. The number of nitrogens with zero attached hydrogens (tertiary/aromatic N) is 4. The molecule has 0 radical (unpaired) electrons. The van der Waals surface area contributed by atoms with Crippen molar-refractivity contribution in [2.75, 3.05) is 19.0 Å². The van der Waals surface area contributed by atoms with Crippen molar-refractivity contribution >= 4 is 40.7 Å². The lowest BCUT2D eigenvalue weighted by Crippen LogP contribution is -2.09. The monoisotopic (exact) mass is 494 g/mol. The number of benzene rings is 3. The van der Waals surface area contributed by atoms with E-state index in [0.29, 0.717) is 5.92 Å². The topological polar surface area (TPSA) is 34.0 Å². The second-order valence-electron chi connectivity index (χ2n) is 8.46. The van der Waals surface area contributed by atoms with Gasteiger partial charge in [-0.3, -0.25) is 4.57 Å². The maximum atomic E-state index is 6.17. The van der Waals surface area contributed by atoms with Gasteiger partial charge in [0.15, 0.2) is 5.16 Å². The Balaban J connectivity index is 1.57. The first-order chi connectivity index (χ1) is 16.0. The van der Waals surface area contributed by atoms with Gasteiger partial charge in [0, 0.05) is 41.4 Å². The van der Waals surface area contributed by atoms with Crippen LogP contribution in [0.2, 0.25) is 10.0 Å². The molecule has 0 bridgehead atoms. The summed E-state index contributed by atoms with van der Waals surface area (Å²) in [6.07, 6.45) is 2.33. The minimum absolute atomic E-state index is 0.0237. The van der Waals surface area contributed by atoms with Crippen LogP contribution in [0.15, 0.2) is 78.0 Å². The Bertz CT molecular complexity index is 1190. The minimum atomic E-state index is 0.0237. The summed E-state index contributed by atoms with van der Waals surface area (Å²) >= 11 is 14.0. The molecule has 7 heteroatoms. The van der Waals surface area contributed by atoms with E-state index in [-0.39, 0.29) is 5.25 Å². The van der Waals surface area contributed by atoms with Crippen molar-refractivity contribution in [3.05, 3.63) is 99.8 Å². The molecule has 1 aromatic heterocycles. The Morgan fingerprint density at radius 1 is 0.818 bits per heavy atom. The number of anilines is 1. The molecule has 5 rings (SSSR count). The number of hydrogen-bond donors (Lipinski definition) is 0. The fourth-order valence-electron chi connectivity index (χ4n) is 3.82. The molecule has 0 amide bonds. The molecule has 1 aliphatic carbocycles. The van der Waals surface area contributed by atoms with E-state index in [1.54, 1.807) is 11.8 Å². The number of aromatic nitrogens is 3. The predicted octanol–water partition coefficient (Wildman–Crippen LogP) is 7.40. The number of thioether (sulfide) groups is 1. The maximum Gasteiger partial charge on any atom is 0.196 e. The molecule has 3 aromatic carbocycles. The van der Waals surface area contributed by atoms with Gasteiger partial charge in [0.25, 0.3) is 0 Å². The SMILES string of the molecule is CN(C)c1ccc(-n2c(SC(c3ccc(Cl)cc3)c3ccc(Cl)cc3)nnc2C2CC2)cc1. The standard InChI is InChI=1S/C26H24Cl2N4S/c1-31(2)22-13-15-23(16-14-22)32-25(19-3-4-19)29-30-26(32)33-24(17-5-9-20(27)10-6-17)18-7-11-21(28)12-8-18/h5-16,19,24H,3-4H2,1-2H3. The molecular weight excluding hydrogens is 471 g/mol. The second-order valence-corrected chi connectivity index (χ2v) is 10.4. The van der Waals surface area contributed by atoms with Gasteiger partial charge in [-0.1, -0.05) is 59.2 Å². The number of halogens is 2. The molecule has 0 atom stereocenters. The predicted molar refractivity (Wildman–Crippen MR) is 138 cm³/mol. The molecule has 1 aliphatic rings. The van der Waals surface area contributed by atoms with E-state index >= 15 is 0 Å². The van der Waals surface area contributed by atoms with Crippen LogP contribution in [-0.4, -0.2) is 28.9 Å². The third-order valence-corrected chi connectivity index (χ3v) is 7.55. The van der Waals surface area contributed by atoms with Gasteiger partial charge in [-0.15, -0.1) is 10.2 Å². The molecule has 1 fully saturated rings. The van der Waals surface area contributed by atoms with Crippen LogP contribution in [0.4, 0.5) is 5.69 Å². The normalized spacial score (nSPS) is 13.5. The van der Waals surface area contributed by atoms with Gasteiger partial charge >= 0.3 is 0 Å². The molecule has 1 heterocycles. The maximum absolute atomic E-state index is 6.17. The van der Waals surface area contributed by atoms with Crippen molar-refractivity contribution in [3.63, 3.8) is 0 Å². The highest BCUT2D eigenvalue weighted by molar-refractivity contribution is 7.99. The van der Waals surface area contributed by atoms with Crippen LogP contribution in [0.3, 0.4) is 0 Å². The van der Waals surface area contributed by atoms with Gasteiger partial charge in [0.1, 0.15) is 5.82 Å². The highest BCUT2D eigenvalue weighted by Gasteiger charge is 2.32. The average molecular weight is 495 g/mol. The zero-order chi connectivity index (χ0) is 22.9. The van der Waals surface area contributed by atoms with Crippen LogP contribution in [-0.2, 0) is 0 Å². The second kappa shape index (κ2) is 9.41. The quantitative estimate of drug-likeness (QED) is 0.250. The van der Waals surface area contributed by atoms with Crippen molar-refractivity contribution in [1.29, 1.82) is 0 Å². The van der Waals surface area contributed by atoms with Crippen molar-refractivity contribution in [1.82, 2.24) is 14.8 Å². The average Bonchev–Trinajstić information content (AvgIpc) is 3.58. The van der Waals surface area contributed by atoms with Crippen LogP contribution < -0.4 is 4.90 Å². The van der Waals surface area contributed by atoms with E-state index in [0.717, 1.165) is 56.4 Å². The van der Waals surface area contributed by atoms with E-state index in [1.807, 2.05) is 38.4 Å². The third kappa shape index (κ3) is 4.91. The molecule has 0 unspecified atom stereocenters. The van der Waals surface area contributed by atoms with Crippen LogP contribution in [0.1, 0.15) is 41.0 Å². The first kappa shape index (κ1) is 22.3. The Kier molecular flexibility index (Phi) is 6.37. The van der Waals surface area contributed by atoms with Crippen molar-refractivity contribution in [2.45, 2.75) is 29.2 Å². The van der Waals surface area contributed by atoms with Gasteiger partial charge < -0.3 is 4.90 Å². The first-order valence-corrected chi connectivity index (χ1v) is 12.5. The minimum Gasteiger partial charge on any atom is -0.378 e. The van der Waals surface area contributed by atoms with Crippen LogP contribution in [0, 0.1) is 0 Å². The highest BCUT2D eigenvalue weighted by atomic mass is 35.5. The molecule has 0 saturated heterocycles. The summed E-state index contributed by atoms with van der Waals surface area (Å²) in [5.74, 6) is 1.52. The largest absolute Gasteiger partial charge is 0.378 e. The van der Waals surface area contributed by atoms with Gasteiger partial charge in [0.05, 0.1) is 5.25 Å². The molecule has 4 aromatic rings. The summed E-state index contributed by atoms with van der Waals surface area (Å²) < 4.78 is 2.22. The first-order valence-electron chi connectivity index (χ1n) is 10.9. The van der Waals surface area contributed by atoms with E-state index < -0.39 is 0 Å². The van der Waals surface area contributed by atoms with E-state index in [9.17, 15) is 0 Å². The molecule has 0 aliphatic heterocycles. The van der Waals surface area contributed by atoms with Crippen molar-refractivity contribution in [3.8, 4) is 5.69 Å². The molecule has 4 nitrogen and oxygen atoms in total. The van der Waals surface area contributed by atoms with Gasteiger partial charge in [0.2, 0.25) is 0 Å². The lowest BCUT2D eigenvalue weighted by molar-refractivity contribution is 0.827. The van der Waals surface area contributed by atoms with Crippen LogP contribution in [0.25, 0.3) is 5.69 Å². The van der Waals surface area contributed by atoms with Gasteiger partial charge in [-0.2, -0.15) is 0 Å². The Labute approximate surface area is 208 Å². The van der Waals surface area contributed by atoms with Gasteiger partial charge in [-0.05, 0) is 72.5 Å². The molecule has 33 heavy (non-hydrogen) atoms. The Morgan fingerprint density at radius 2 is 1.36 bits per heavy atom. The van der Waals surface area contributed by atoms with Gasteiger partial charge in [-0.25, -0.2) is 0 Å².